The monoisotopic (exact) mass is 729 g/mol. The summed E-state index contributed by atoms with van der Waals surface area (Å²) in [6.45, 7) is 8.17. The van der Waals surface area contributed by atoms with Crippen molar-refractivity contribution in [3.8, 4) is 0 Å². The predicted octanol–water partition coefficient (Wildman–Crippen LogP) is 6.34. The molecule has 4 aromatic rings. The van der Waals surface area contributed by atoms with Gasteiger partial charge in [-0.3, -0.25) is 14.4 Å². The number of amides is 3. The van der Waals surface area contributed by atoms with E-state index in [4.69, 9.17) is 9.47 Å². The SMILES string of the molecule is CCC(C)COC(=O)C[C@H](O)[C@H](CC(C)C)NC(=O)C(Cc1cccs1)NC(=O)[C@H](Cc1cccc2ccccc12)NC(=O)OCc1ccccc1. The van der Waals surface area contributed by atoms with Gasteiger partial charge in [0.1, 0.15) is 18.7 Å². The molecule has 278 valence electrons. The van der Waals surface area contributed by atoms with Gasteiger partial charge in [0, 0.05) is 17.7 Å². The number of alkyl carbamates (subject to hydrolysis) is 1. The number of nitrogens with one attached hydrogen (secondary N) is 3. The average Bonchev–Trinajstić information content (AvgIpc) is 3.65. The smallest absolute Gasteiger partial charge is 0.408 e. The molecule has 4 N–H and O–H groups in total. The van der Waals surface area contributed by atoms with Crippen molar-refractivity contribution >= 4 is 46.0 Å². The third-order valence-corrected chi connectivity index (χ3v) is 9.76. The van der Waals surface area contributed by atoms with Gasteiger partial charge in [-0.15, -0.1) is 11.3 Å². The molecular formula is C41H51N3O7S. The molecule has 3 aromatic carbocycles. The molecule has 0 radical (unpaired) electrons. The van der Waals surface area contributed by atoms with Gasteiger partial charge in [0.2, 0.25) is 11.8 Å². The number of carbonyl (C=O) groups is 4. The minimum absolute atomic E-state index is 0.0173. The largest absolute Gasteiger partial charge is 0.465 e. The van der Waals surface area contributed by atoms with Crippen molar-refractivity contribution < 1.29 is 33.8 Å². The van der Waals surface area contributed by atoms with Gasteiger partial charge in [0.25, 0.3) is 0 Å². The standard InChI is InChI=1S/C41H51N3O7S/c1-5-28(4)25-50-38(46)24-37(45)34(21-27(2)3)42-40(48)36(23-32-18-12-20-52-32)43-39(47)35(44-41(49)51-26-29-13-7-6-8-14-29)22-31-17-11-16-30-15-9-10-19-33(30)31/h6-20,27-28,34-37,45H,5,21-26H2,1-4H3,(H,42,48)(H,43,47)(H,44,49)/t28?,34-,35-,36?,37-/m0/s1. The van der Waals surface area contributed by atoms with E-state index in [2.05, 4.69) is 16.0 Å². The molecule has 0 bridgehead atoms. The Morgan fingerprint density at radius 3 is 2.17 bits per heavy atom. The lowest BCUT2D eigenvalue weighted by atomic mass is 9.96. The van der Waals surface area contributed by atoms with Crippen LogP contribution in [0.4, 0.5) is 4.79 Å². The van der Waals surface area contributed by atoms with Crippen molar-refractivity contribution in [1.29, 1.82) is 0 Å². The van der Waals surface area contributed by atoms with Gasteiger partial charge in [-0.25, -0.2) is 4.79 Å². The summed E-state index contributed by atoms with van der Waals surface area (Å²) in [6.07, 6.45) is -0.698. The summed E-state index contributed by atoms with van der Waals surface area (Å²) in [5.41, 5.74) is 1.63. The number of thiophene rings is 1. The van der Waals surface area contributed by atoms with Crippen molar-refractivity contribution in [3.63, 3.8) is 0 Å². The molecule has 0 fully saturated rings. The predicted molar refractivity (Wildman–Crippen MR) is 204 cm³/mol. The van der Waals surface area contributed by atoms with Crippen molar-refractivity contribution in [2.24, 2.45) is 11.8 Å². The van der Waals surface area contributed by atoms with Crippen molar-refractivity contribution in [2.45, 2.75) is 90.6 Å². The highest BCUT2D eigenvalue weighted by Gasteiger charge is 2.32. The summed E-state index contributed by atoms with van der Waals surface area (Å²) in [7, 11) is 0. The van der Waals surface area contributed by atoms with Crippen LogP contribution in [0.15, 0.2) is 90.3 Å². The summed E-state index contributed by atoms with van der Waals surface area (Å²) in [5, 5.41) is 23.5. The van der Waals surface area contributed by atoms with E-state index >= 15 is 0 Å². The minimum atomic E-state index is -1.20. The first-order chi connectivity index (χ1) is 25.0. The van der Waals surface area contributed by atoms with Gasteiger partial charge < -0.3 is 30.5 Å². The van der Waals surface area contributed by atoms with Crippen molar-refractivity contribution in [3.05, 3.63) is 106 Å². The van der Waals surface area contributed by atoms with Gasteiger partial charge in [-0.05, 0) is 51.6 Å². The number of fused-ring (bicyclic) bond motifs is 1. The molecule has 0 saturated carbocycles. The zero-order chi connectivity index (χ0) is 37.5. The number of hydrogen-bond donors (Lipinski definition) is 4. The first-order valence-electron chi connectivity index (χ1n) is 17.9. The third kappa shape index (κ3) is 12.8. The number of esters is 1. The quantitative estimate of drug-likeness (QED) is 0.0826. The van der Waals surface area contributed by atoms with E-state index in [-0.39, 0.29) is 44.3 Å². The Labute approximate surface area is 310 Å². The normalized spacial score (nSPS) is 14.1. The molecule has 2 unspecified atom stereocenters. The van der Waals surface area contributed by atoms with Gasteiger partial charge in [0.15, 0.2) is 0 Å². The molecule has 52 heavy (non-hydrogen) atoms. The second-order valence-corrected chi connectivity index (χ2v) is 14.7. The van der Waals surface area contributed by atoms with E-state index in [0.717, 1.165) is 33.2 Å². The zero-order valence-electron chi connectivity index (χ0n) is 30.4. The molecule has 0 aliphatic heterocycles. The molecule has 0 aliphatic rings. The fourth-order valence-corrected chi connectivity index (χ4v) is 6.50. The van der Waals surface area contributed by atoms with Crippen LogP contribution >= 0.6 is 11.3 Å². The Morgan fingerprint density at radius 2 is 1.46 bits per heavy atom. The molecule has 1 aromatic heterocycles. The lowest BCUT2D eigenvalue weighted by Crippen LogP contribution is -2.57. The number of ether oxygens (including phenoxy) is 2. The van der Waals surface area contributed by atoms with Crippen LogP contribution < -0.4 is 16.0 Å². The highest BCUT2D eigenvalue weighted by molar-refractivity contribution is 7.09. The maximum absolute atomic E-state index is 14.2. The summed E-state index contributed by atoms with van der Waals surface area (Å²) in [6, 6.07) is 23.6. The number of hydrogen-bond acceptors (Lipinski definition) is 8. The molecule has 0 spiro atoms. The van der Waals surface area contributed by atoms with Crippen LogP contribution in [-0.2, 0) is 43.3 Å². The van der Waals surface area contributed by atoms with E-state index in [0.29, 0.717) is 6.42 Å². The number of aliphatic hydroxyl groups is 1. The fraction of sp³-hybridized carbons (Fsp3) is 0.415. The van der Waals surface area contributed by atoms with Gasteiger partial charge in [-0.1, -0.05) is 113 Å². The summed E-state index contributed by atoms with van der Waals surface area (Å²) < 4.78 is 10.8. The number of carbonyl (C=O) groups excluding carboxylic acids is 4. The van der Waals surface area contributed by atoms with Crippen LogP contribution in [0.2, 0.25) is 0 Å². The third-order valence-electron chi connectivity index (χ3n) is 8.86. The van der Waals surface area contributed by atoms with Gasteiger partial charge in [0.05, 0.1) is 25.2 Å². The van der Waals surface area contributed by atoms with Crippen LogP contribution in [0.3, 0.4) is 0 Å². The van der Waals surface area contributed by atoms with Gasteiger partial charge in [-0.2, -0.15) is 0 Å². The van der Waals surface area contributed by atoms with Crippen LogP contribution in [0.1, 0.15) is 63.0 Å². The van der Waals surface area contributed by atoms with Crippen LogP contribution in [0, 0.1) is 11.8 Å². The zero-order valence-corrected chi connectivity index (χ0v) is 31.2. The van der Waals surface area contributed by atoms with E-state index in [1.807, 2.05) is 118 Å². The maximum atomic E-state index is 14.2. The van der Waals surface area contributed by atoms with Gasteiger partial charge >= 0.3 is 12.1 Å². The Balaban J connectivity index is 1.54. The second kappa shape index (κ2) is 20.3. The summed E-state index contributed by atoms with van der Waals surface area (Å²) in [5.74, 6) is -1.36. The maximum Gasteiger partial charge on any atom is 0.408 e. The molecule has 0 aliphatic carbocycles. The molecule has 4 rings (SSSR count). The van der Waals surface area contributed by atoms with Crippen molar-refractivity contribution in [2.75, 3.05) is 6.61 Å². The minimum Gasteiger partial charge on any atom is -0.465 e. The van der Waals surface area contributed by atoms with Crippen LogP contribution in [-0.4, -0.2) is 59.8 Å². The van der Waals surface area contributed by atoms with E-state index < -0.39 is 48.1 Å². The molecule has 5 atom stereocenters. The fourth-order valence-electron chi connectivity index (χ4n) is 5.75. The number of benzene rings is 3. The molecule has 11 heteroatoms. The van der Waals surface area contributed by atoms with Crippen LogP contribution in [0.25, 0.3) is 10.8 Å². The first kappa shape index (κ1) is 40.0. The molecule has 10 nitrogen and oxygen atoms in total. The Bertz CT molecular complexity index is 1730. The Hall–Kier alpha value is -4.74. The molecule has 3 amide bonds. The topological polar surface area (TPSA) is 143 Å². The average molecular weight is 730 g/mol. The number of rotatable bonds is 19. The Morgan fingerprint density at radius 1 is 0.769 bits per heavy atom. The molecule has 0 saturated heterocycles. The highest BCUT2D eigenvalue weighted by atomic mass is 32.1. The number of aliphatic hydroxyl groups excluding tert-OH is 1. The van der Waals surface area contributed by atoms with E-state index in [1.165, 1.54) is 11.3 Å². The summed E-state index contributed by atoms with van der Waals surface area (Å²) in [4.78, 5) is 54.7. The molecular weight excluding hydrogens is 679 g/mol. The Kier molecular flexibility index (Phi) is 15.7. The lowest BCUT2D eigenvalue weighted by molar-refractivity contribution is -0.148. The second-order valence-electron chi connectivity index (χ2n) is 13.7. The van der Waals surface area contributed by atoms with Crippen molar-refractivity contribution in [1.82, 2.24) is 16.0 Å². The molecule has 1 heterocycles. The van der Waals surface area contributed by atoms with Crippen LogP contribution in [0.5, 0.6) is 0 Å². The summed E-state index contributed by atoms with van der Waals surface area (Å²) >= 11 is 1.45. The highest BCUT2D eigenvalue weighted by Crippen LogP contribution is 2.21. The lowest BCUT2D eigenvalue weighted by Gasteiger charge is -2.29. The first-order valence-corrected chi connectivity index (χ1v) is 18.8. The van der Waals surface area contributed by atoms with E-state index in [1.54, 1.807) is 0 Å². The van der Waals surface area contributed by atoms with E-state index in [9.17, 15) is 24.3 Å².